The predicted octanol–water partition coefficient (Wildman–Crippen LogP) is -0.463. The van der Waals surface area contributed by atoms with E-state index in [1.807, 2.05) is 0 Å². The van der Waals surface area contributed by atoms with Gasteiger partial charge in [0.25, 0.3) is 0 Å². The standard InChI is InChI=1S/C7H16O5.C3H4O2S/c1-10-7(9)6-12-5-4-11-3-2-8;1-2-3(4)5-6/h7-9H,2-6H2,1H3;2,6H,1H2. The first-order valence-corrected chi connectivity index (χ1v) is 5.43. The molecule has 1 unspecified atom stereocenters. The van der Waals surface area contributed by atoms with Crippen LogP contribution in [0.2, 0.25) is 0 Å². The van der Waals surface area contributed by atoms with Gasteiger partial charge in [-0.05, 0) is 0 Å². The smallest absolute Gasteiger partial charge is 0.341 e. The monoisotopic (exact) mass is 284 g/mol. The Morgan fingerprint density at radius 3 is 2.39 bits per heavy atom. The fourth-order valence-electron chi connectivity index (χ4n) is 0.574. The maximum Gasteiger partial charge on any atom is 0.341 e. The van der Waals surface area contributed by atoms with Crippen molar-refractivity contribution in [3.05, 3.63) is 12.7 Å². The van der Waals surface area contributed by atoms with Crippen molar-refractivity contribution in [2.75, 3.05) is 40.1 Å². The van der Waals surface area contributed by atoms with Gasteiger partial charge in [-0.15, -0.1) is 0 Å². The first kappa shape index (κ1) is 19.7. The van der Waals surface area contributed by atoms with Crippen molar-refractivity contribution in [2.45, 2.75) is 6.29 Å². The maximum absolute atomic E-state index is 9.76. The number of rotatable bonds is 9. The number of ether oxygens (including phenoxy) is 3. The number of hydrogen-bond acceptors (Lipinski definition) is 8. The molecule has 0 aliphatic rings. The van der Waals surface area contributed by atoms with Crippen LogP contribution in [0.5, 0.6) is 0 Å². The van der Waals surface area contributed by atoms with Gasteiger partial charge in [0.1, 0.15) is 0 Å². The van der Waals surface area contributed by atoms with E-state index < -0.39 is 12.3 Å². The van der Waals surface area contributed by atoms with Crippen LogP contribution in [0.3, 0.4) is 0 Å². The Balaban J connectivity index is 0. The molecule has 18 heavy (non-hydrogen) atoms. The number of methoxy groups -OCH3 is 1. The second-order valence-corrected chi connectivity index (χ2v) is 2.90. The SMILES string of the molecule is C=CC(=O)OS.COC(O)COCCOCCO. The summed E-state index contributed by atoms with van der Waals surface area (Å²) in [6.45, 7) is 4.38. The molecule has 0 saturated heterocycles. The van der Waals surface area contributed by atoms with Crippen molar-refractivity contribution >= 4 is 18.9 Å². The number of thiol groups is 1. The Hall–Kier alpha value is -0.640. The summed E-state index contributed by atoms with van der Waals surface area (Å²) in [5.41, 5.74) is 0. The molecular weight excluding hydrogens is 264 g/mol. The van der Waals surface area contributed by atoms with Crippen LogP contribution < -0.4 is 0 Å². The molecule has 0 aliphatic heterocycles. The van der Waals surface area contributed by atoms with E-state index in [0.29, 0.717) is 19.8 Å². The van der Waals surface area contributed by atoms with Crippen molar-refractivity contribution in [3.63, 3.8) is 0 Å². The van der Waals surface area contributed by atoms with Gasteiger partial charge in [0.15, 0.2) is 6.29 Å². The minimum Gasteiger partial charge on any atom is -0.394 e. The molecule has 0 fully saturated rings. The third-order valence-electron chi connectivity index (χ3n) is 1.40. The lowest BCUT2D eigenvalue weighted by Gasteiger charge is -2.08. The first-order chi connectivity index (χ1) is 8.62. The Bertz CT molecular complexity index is 201. The summed E-state index contributed by atoms with van der Waals surface area (Å²) in [4.78, 5) is 9.76. The molecular formula is C10H20O7S. The van der Waals surface area contributed by atoms with Crippen LogP contribution in [0.4, 0.5) is 0 Å². The third kappa shape index (κ3) is 17.7. The number of carbonyl (C=O) groups excluding carboxylic acids is 1. The summed E-state index contributed by atoms with van der Waals surface area (Å²) in [6, 6.07) is 0. The highest BCUT2D eigenvalue weighted by molar-refractivity contribution is 7.75. The molecule has 0 aromatic heterocycles. The Kier molecular flexibility index (Phi) is 17.9. The van der Waals surface area contributed by atoms with Gasteiger partial charge in [-0.3, -0.25) is 0 Å². The Labute approximate surface area is 112 Å². The molecule has 8 heteroatoms. The van der Waals surface area contributed by atoms with E-state index in [0.717, 1.165) is 6.08 Å². The summed E-state index contributed by atoms with van der Waals surface area (Å²) >= 11 is 3.17. The number of carbonyl (C=O) groups is 1. The van der Waals surface area contributed by atoms with Gasteiger partial charge in [0.05, 0.1) is 33.0 Å². The van der Waals surface area contributed by atoms with Crippen molar-refractivity contribution in [1.29, 1.82) is 0 Å². The molecule has 1 atom stereocenters. The summed E-state index contributed by atoms with van der Waals surface area (Å²) < 4.78 is 18.2. The van der Waals surface area contributed by atoms with E-state index in [9.17, 15) is 4.79 Å². The summed E-state index contributed by atoms with van der Waals surface area (Å²) in [6.07, 6.45) is 0.162. The molecule has 0 bridgehead atoms. The molecule has 0 heterocycles. The van der Waals surface area contributed by atoms with Crippen LogP contribution in [0.15, 0.2) is 12.7 Å². The maximum atomic E-state index is 9.76. The fraction of sp³-hybridized carbons (Fsp3) is 0.700. The molecule has 0 radical (unpaired) electrons. The number of hydrogen-bond donors (Lipinski definition) is 3. The summed E-state index contributed by atoms with van der Waals surface area (Å²) in [7, 11) is 1.40. The number of aliphatic hydroxyl groups excluding tert-OH is 2. The van der Waals surface area contributed by atoms with Crippen LogP contribution in [0.1, 0.15) is 0 Å². The molecule has 2 N–H and O–H groups in total. The van der Waals surface area contributed by atoms with E-state index >= 15 is 0 Å². The van der Waals surface area contributed by atoms with E-state index in [4.69, 9.17) is 19.7 Å². The Morgan fingerprint density at radius 2 is 2.00 bits per heavy atom. The predicted molar refractivity (Wildman–Crippen MR) is 67.0 cm³/mol. The Morgan fingerprint density at radius 1 is 1.39 bits per heavy atom. The van der Waals surface area contributed by atoms with Crippen LogP contribution in [-0.2, 0) is 23.2 Å². The number of aliphatic hydroxyl groups is 2. The van der Waals surface area contributed by atoms with Crippen molar-refractivity contribution in [1.82, 2.24) is 0 Å². The molecule has 0 amide bonds. The lowest BCUT2D eigenvalue weighted by Crippen LogP contribution is -2.19. The van der Waals surface area contributed by atoms with E-state index in [-0.39, 0.29) is 13.2 Å². The van der Waals surface area contributed by atoms with Gasteiger partial charge in [-0.25, -0.2) is 4.79 Å². The third-order valence-corrected chi connectivity index (χ3v) is 1.58. The second kappa shape index (κ2) is 16.4. The topological polar surface area (TPSA) is 94.5 Å². The lowest BCUT2D eigenvalue weighted by atomic mass is 10.6. The van der Waals surface area contributed by atoms with E-state index in [2.05, 4.69) is 28.4 Å². The molecule has 108 valence electrons. The zero-order valence-electron chi connectivity index (χ0n) is 10.3. The highest BCUT2D eigenvalue weighted by Gasteiger charge is 1.99. The average Bonchev–Trinajstić information content (AvgIpc) is 2.42. The fourth-order valence-corrected chi connectivity index (χ4v) is 0.648. The average molecular weight is 284 g/mol. The molecule has 0 spiro atoms. The normalized spacial score (nSPS) is 11.1. The van der Waals surface area contributed by atoms with Gasteiger partial charge in [0.2, 0.25) is 0 Å². The zero-order chi connectivity index (χ0) is 14.2. The van der Waals surface area contributed by atoms with Gasteiger partial charge >= 0.3 is 5.97 Å². The zero-order valence-corrected chi connectivity index (χ0v) is 11.2. The molecule has 0 rings (SSSR count). The van der Waals surface area contributed by atoms with Crippen molar-refractivity contribution in [2.24, 2.45) is 0 Å². The first-order valence-electron chi connectivity index (χ1n) is 5.07. The second-order valence-electron chi connectivity index (χ2n) is 2.72. The minimum atomic E-state index is -0.872. The van der Waals surface area contributed by atoms with Gasteiger partial charge in [-0.1, -0.05) is 6.58 Å². The van der Waals surface area contributed by atoms with Crippen molar-refractivity contribution in [3.8, 4) is 0 Å². The molecule has 0 aliphatic carbocycles. The minimum absolute atomic E-state index is 0.0146. The molecule has 0 aromatic carbocycles. The van der Waals surface area contributed by atoms with Crippen LogP contribution in [-0.4, -0.2) is 62.6 Å². The largest absolute Gasteiger partial charge is 0.394 e. The molecule has 0 saturated carbocycles. The van der Waals surface area contributed by atoms with Gasteiger partial charge in [-0.2, -0.15) is 0 Å². The summed E-state index contributed by atoms with van der Waals surface area (Å²) in [5, 5.41) is 17.2. The van der Waals surface area contributed by atoms with Gasteiger partial charge in [0, 0.05) is 26.1 Å². The van der Waals surface area contributed by atoms with E-state index in [1.165, 1.54) is 7.11 Å². The van der Waals surface area contributed by atoms with Crippen molar-refractivity contribution < 1.29 is 33.4 Å². The van der Waals surface area contributed by atoms with Crippen LogP contribution in [0.25, 0.3) is 0 Å². The molecule has 0 aromatic rings. The van der Waals surface area contributed by atoms with Gasteiger partial charge < -0.3 is 28.6 Å². The highest BCUT2D eigenvalue weighted by atomic mass is 32.1. The lowest BCUT2D eigenvalue weighted by molar-refractivity contribution is -0.127. The highest BCUT2D eigenvalue weighted by Crippen LogP contribution is 1.85. The van der Waals surface area contributed by atoms with E-state index in [1.54, 1.807) is 0 Å². The molecule has 7 nitrogen and oxygen atoms in total. The quantitative estimate of drug-likeness (QED) is 0.173. The van der Waals surface area contributed by atoms with Crippen LogP contribution in [0, 0.1) is 0 Å². The summed E-state index contributed by atoms with van der Waals surface area (Å²) in [5.74, 6) is -0.529. The van der Waals surface area contributed by atoms with Crippen LogP contribution >= 0.6 is 12.9 Å².